The van der Waals surface area contributed by atoms with Crippen LogP contribution < -0.4 is 10.1 Å². The number of aromatic nitrogens is 3. The van der Waals surface area contributed by atoms with E-state index in [9.17, 15) is 0 Å². The van der Waals surface area contributed by atoms with E-state index in [1.807, 2.05) is 19.1 Å². The number of ether oxygens (including phenoxy) is 1. The lowest BCUT2D eigenvalue weighted by molar-refractivity contribution is 0.326. The number of halogens is 1. The van der Waals surface area contributed by atoms with Crippen LogP contribution in [0.15, 0.2) is 30.9 Å². The molecule has 0 saturated carbocycles. The van der Waals surface area contributed by atoms with Crippen LogP contribution in [0.5, 0.6) is 5.88 Å². The topological polar surface area (TPSA) is 59.9 Å². The molecule has 1 N–H and O–H groups in total. The lowest BCUT2D eigenvalue weighted by Gasteiger charge is -2.07. The maximum Gasteiger partial charge on any atom is 0.213 e. The molecule has 0 fully saturated rings. The summed E-state index contributed by atoms with van der Waals surface area (Å²) in [7, 11) is 0. The highest BCUT2D eigenvalue weighted by Crippen LogP contribution is 2.17. The number of nitrogens with one attached hydrogen (secondary N) is 1. The quantitative estimate of drug-likeness (QED) is 0.899. The zero-order valence-corrected chi connectivity index (χ0v) is 10.7. The van der Waals surface area contributed by atoms with E-state index >= 15 is 0 Å². The van der Waals surface area contributed by atoms with Crippen molar-refractivity contribution in [2.75, 3.05) is 11.9 Å². The Morgan fingerprint density at radius 3 is 2.83 bits per heavy atom. The van der Waals surface area contributed by atoms with E-state index in [4.69, 9.17) is 16.3 Å². The highest BCUT2D eigenvalue weighted by molar-refractivity contribution is 6.32. The Hall–Kier alpha value is -1.88. The van der Waals surface area contributed by atoms with Crippen molar-refractivity contribution in [2.45, 2.75) is 13.5 Å². The second kappa shape index (κ2) is 6.16. The normalized spacial score (nSPS) is 10.1. The van der Waals surface area contributed by atoms with Gasteiger partial charge in [0.2, 0.25) is 5.88 Å². The second-order valence-electron chi connectivity index (χ2n) is 3.51. The van der Waals surface area contributed by atoms with Gasteiger partial charge in [0.25, 0.3) is 0 Å². The summed E-state index contributed by atoms with van der Waals surface area (Å²) in [6, 6.07) is 3.78. The molecule has 2 heterocycles. The van der Waals surface area contributed by atoms with Crippen molar-refractivity contribution in [2.24, 2.45) is 0 Å². The van der Waals surface area contributed by atoms with Crippen molar-refractivity contribution in [3.63, 3.8) is 0 Å². The van der Waals surface area contributed by atoms with Crippen molar-refractivity contribution in [1.29, 1.82) is 0 Å². The van der Waals surface area contributed by atoms with Crippen LogP contribution in [0.2, 0.25) is 5.02 Å². The molecule has 0 amide bonds. The largest absolute Gasteiger partial charge is 0.478 e. The molecule has 2 aromatic rings. The fraction of sp³-hybridized carbons (Fsp3) is 0.250. The first-order valence-electron chi connectivity index (χ1n) is 5.56. The van der Waals surface area contributed by atoms with Gasteiger partial charge in [-0.05, 0) is 12.5 Å². The molecule has 0 aliphatic carbocycles. The van der Waals surface area contributed by atoms with E-state index in [1.165, 1.54) is 6.33 Å². The zero-order valence-electron chi connectivity index (χ0n) is 9.93. The fourth-order valence-electron chi connectivity index (χ4n) is 1.38. The summed E-state index contributed by atoms with van der Waals surface area (Å²) in [5, 5.41) is 3.61. The molecule has 94 valence electrons. The Labute approximate surface area is 110 Å². The summed E-state index contributed by atoms with van der Waals surface area (Å²) in [5.74, 6) is 1.24. The molecule has 6 heteroatoms. The Morgan fingerprint density at radius 1 is 1.28 bits per heavy atom. The first-order chi connectivity index (χ1) is 8.79. The van der Waals surface area contributed by atoms with Crippen molar-refractivity contribution in [3.8, 4) is 5.88 Å². The van der Waals surface area contributed by atoms with Gasteiger partial charge < -0.3 is 10.1 Å². The average molecular weight is 265 g/mol. The lowest BCUT2D eigenvalue weighted by Crippen LogP contribution is -2.03. The summed E-state index contributed by atoms with van der Waals surface area (Å²) in [6.45, 7) is 3.13. The summed E-state index contributed by atoms with van der Waals surface area (Å²) >= 11 is 5.93. The van der Waals surface area contributed by atoms with E-state index in [0.717, 1.165) is 5.56 Å². The number of rotatable bonds is 5. The van der Waals surface area contributed by atoms with E-state index in [1.54, 1.807) is 12.4 Å². The monoisotopic (exact) mass is 264 g/mol. The first kappa shape index (κ1) is 12.6. The van der Waals surface area contributed by atoms with Crippen LogP contribution in [0.4, 0.5) is 5.82 Å². The number of nitrogens with zero attached hydrogens (tertiary/aromatic N) is 3. The number of hydrogen-bond donors (Lipinski definition) is 1. The molecule has 0 aliphatic heterocycles. The highest BCUT2D eigenvalue weighted by Gasteiger charge is 2.01. The predicted octanol–water partition coefficient (Wildman–Crippen LogP) is 2.54. The first-order valence-corrected chi connectivity index (χ1v) is 5.94. The zero-order chi connectivity index (χ0) is 12.8. The summed E-state index contributed by atoms with van der Waals surface area (Å²) < 4.78 is 5.27. The van der Waals surface area contributed by atoms with Crippen LogP contribution >= 0.6 is 11.6 Å². The summed E-state index contributed by atoms with van der Waals surface area (Å²) in [5.41, 5.74) is 1.02. The number of hydrogen-bond acceptors (Lipinski definition) is 5. The standard InChI is InChI=1S/C12H13ClN4O/c1-2-18-11-4-3-9(5-15-11)6-16-12-10(13)7-14-8-17-12/h3-5,7-8H,2,6H2,1H3,(H,14,16,17). The highest BCUT2D eigenvalue weighted by atomic mass is 35.5. The number of pyridine rings is 1. The molecule has 0 bridgehead atoms. The van der Waals surface area contributed by atoms with Crippen LogP contribution in [-0.4, -0.2) is 21.6 Å². The SMILES string of the molecule is CCOc1ccc(CNc2ncncc2Cl)cn1. The smallest absolute Gasteiger partial charge is 0.213 e. The minimum Gasteiger partial charge on any atom is -0.478 e. The maximum absolute atomic E-state index is 5.93. The number of anilines is 1. The molecule has 0 aliphatic rings. The summed E-state index contributed by atoms with van der Waals surface area (Å²) in [4.78, 5) is 12.0. The van der Waals surface area contributed by atoms with Gasteiger partial charge in [0.15, 0.2) is 0 Å². The Bertz CT molecular complexity index is 504. The molecule has 0 atom stereocenters. The summed E-state index contributed by atoms with van der Waals surface area (Å²) in [6.07, 6.45) is 4.76. The van der Waals surface area contributed by atoms with E-state index in [2.05, 4.69) is 20.3 Å². The van der Waals surface area contributed by atoms with Gasteiger partial charge in [0, 0.05) is 18.8 Å². The second-order valence-corrected chi connectivity index (χ2v) is 3.92. The van der Waals surface area contributed by atoms with Crippen molar-refractivity contribution >= 4 is 17.4 Å². The molecule has 18 heavy (non-hydrogen) atoms. The minimum atomic E-state index is 0.497. The van der Waals surface area contributed by atoms with E-state index < -0.39 is 0 Å². The maximum atomic E-state index is 5.93. The van der Waals surface area contributed by atoms with Crippen LogP contribution in [0.25, 0.3) is 0 Å². The molecular formula is C12H13ClN4O. The predicted molar refractivity (Wildman–Crippen MR) is 69.8 cm³/mol. The van der Waals surface area contributed by atoms with Gasteiger partial charge in [-0.15, -0.1) is 0 Å². The molecule has 0 unspecified atom stereocenters. The molecular weight excluding hydrogens is 252 g/mol. The van der Waals surface area contributed by atoms with Gasteiger partial charge in [0.05, 0.1) is 12.8 Å². The Kier molecular flexibility index (Phi) is 4.30. The lowest BCUT2D eigenvalue weighted by atomic mass is 10.3. The molecule has 0 spiro atoms. The Balaban J connectivity index is 1.96. The fourth-order valence-corrected chi connectivity index (χ4v) is 1.55. The van der Waals surface area contributed by atoms with Gasteiger partial charge in [-0.25, -0.2) is 15.0 Å². The Morgan fingerprint density at radius 2 is 2.17 bits per heavy atom. The molecule has 0 aromatic carbocycles. The van der Waals surface area contributed by atoms with Crippen LogP contribution in [0.3, 0.4) is 0 Å². The van der Waals surface area contributed by atoms with Crippen molar-refractivity contribution in [1.82, 2.24) is 15.0 Å². The van der Waals surface area contributed by atoms with Crippen molar-refractivity contribution < 1.29 is 4.74 Å². The van der Waals surface area contributed by atoms with Gasteiger partial charge in [-0.2, -0.15) is 0 Å². The molecule has 2 aromatic heterocycles. The third-order valence-electron chi connectivity index (χ3n) is 2.22. The molecule has 0 saturated heterocycles. The van der Waals surface area contributed by atoms with Gasteiger partial charge in [-0.1, -0.05) is 17.7 Å². The van der Waals surface area contributed by atoms with Gasteiger partial charge >= 0.3 is 0 Å². The molecule has 5 nitrogen and oxygen atoms in total. The van der Waals surface area contributed by atoms with Gasteiger partial charge in [-0.3, -0.25) is 0 Å². The van der Waals surface area contributed by atoms with Crippen LogP contribution in [-0.2, 0) is 6.54 Å². The molecule has 2 rings (SSSR count). The van der Waals surface area contributed by atoms with Gasteiger partial charge in [0.1, 0.15) is 17.2 Å². The van der Waals surface area contributed by atoms with E-state index in [-0.39, 0.29) is 0 Å². The minimum absolute atomic E-state index is 0.497. The third-order valence-corrected chi connectivity index (χ3v) is 2.49. The van der Waals surface area contributed by atoms with Crippen LogP contribution in [0.1, 0.15) is 12.5 Å². The van der Waals surface area contributed by atoms with Crippen molar-refractivity contribution in [3.05, 3.63) is 41.4 Å². The molecule has 0 radical (unpaired) electrons. The van der Waals surface area contributed by atoms with E-state index in [0.29, 0.717) is 29.9 Å². The van der Waals surface area contributed by atoms with Crippen LogP contribution in [0, 0.1) is 0 Å². The average Bonchev–Trinajstić information content (AvgIpc) is 2.40. The third kappa shape index (κ3) is 3.30.